The molecule has 0 spiro atoms. The van der Waals surface area contributed by atoms with Crippen LogP contribution in [0.5, 0.6) is 5.75 Å². The van der Waals surface area contributed by atoms with E-state index in [1.54, 1.807) is 38.1 Å². The molecule has 2 rings (SSSR count). The Morgan fingerprint density at radius 3 is 2.18 bits per heavy atom. The fourth-order valence-corrected chi connectivity index (χ4v) is 4.27. The van der Waals surface area contributed by atoms with Gasteiger partial charge >= 0.3 is 0 Å². The van der Waals surface area contributed by atoms with Crippen LogP contribution in [0.25, 0.3) is 0 Å². The highest BCUT2D eigenvalue weighted by Gasteiger charge is 2.21. The molecule has 1 atom stereocenters. The average Bonchev–Trinajstić information content (AvgIpc) is 2.68. The van der Waals surface area contributed by atoms with Crippen molar-refractivity contribution in [1.82, 2.24) is 9.62 Å². The summed E-state index contributed by atoms with van der Waals surface area (Å²) >= 11 is 5.86. The van der Waals surface area contributed by atoms with Crippen LogP contribution in [0.4, 0.5) is 0 Å². The Balaban J connectivity index is 1.92. The van der Waals surface area contributed by atoms with Gasteiger partial charge in [-0.15, -0.1) is 0 Å². The van der Waals surface area contributed by atoms with Gasteiger partial charge in [0.2, 0.25) is 10.0 Å². The summed E-state index contributed by atoms with van der Waals surface area (Å²) in [5.41, 5.74) is 0.934. The Morgan fingerprint density at radius 1 is 1.07 bits per heavy atom. The number of nitrogens with zero attached hydrogens (tertiary/aromatic N) is 1. The first kappa shape index (κ1) is 22.2. The van der Waals surface area contributed by atoms with Crippen LogP contribution in [0.2, 0.25) is 5.02 Å². The van der Waals surface area contributed by atoms with Crippen LogP contribution in [0.15, 0.2) is 53.4 Å². The summed E-state index contributed by atoms with van der Waals surface area (Å²) in [6, 6.07) is 13.1. The second-order valence-electron chi connectivity index (χ2n) is 6.19. The number of hydrogen-bond acceptors (Lipinski definition) is 4. The normalized spacial score (nSPS) is 12.6. The summed E-state index contributed by atoms with van der Waals surface area (Å²) in [5.74, 6) is 0.148. The minimum atomic E-state index is -3.51. The van der Waals surface area contributed by atoms with Gasteiger partial charge in [-0.3, -0.25) is 4.79 Å². The minimum absolute atomic E-state index is 0.167. The van der Waals surface area contributed by atoms with Crippen molar-refractivity contribution in [2.24, 2.45) is 0 Å². The van der Waals surface area contributed by atoms with Crippen LogP contribution in [-0.2, 0) is 14.8 Å². The van der Waals surface area contributed by atoms with Gasteiger partial charge in [-0.2, -0.15) is 4.31 Å². The number of sulfonamides is 1. The van der Waals surface area contributed by atoms with Crippen molar-refractivity contribution in [3.8, 4) is 5.75 Å². The molecule has 1 N–H and O–H groups in total. The van der Waals surface area contributed by atoms with E-state index >= 15 is 0 Å². The lowest BCUT2D eigenvalue weighted by Crippen LogP contribution is -2.31. The van der Waals surface area contributed by atoms with E-state index in [1.807, 2.05) is 19.1 Å². The van der Waals surface area contributed by atoms with Crippen molar-refractivity contribution < 1.29 is 17.9 Å². The third-order valence-corrected chi connectivity index (χ3v) is 6.60. The van der Waals surface area contributed by atoms with E-state index in [4.69, 9.17) is 16.3 Å². The van der Waals surface area contributed by atoms with Gasteiger partial charge in [0.05, 0.1) is 10.9 Å². The molecule has 2 aromatic rings. The number of halogens is 1. The van der Waals surface area contributed by atoms with Gasteiger partial charge in [0.15, 0.2) is 6.61 Å². The Labute approximate surface area is 171 Å². The molecule has 0 aliphatic heterocycles. The lowest BCUT2D eigenvalue weighted by atomic mass is 10.1. The molecule has 2 aromatic carbocycles. The smallest absolute Gasteiger partial charge is 0.258 e. The van der Waals surface area contributed by atoms with Crippen LogP contribution in [0, 0.1) is 0 Å². The Morgan fingerprint density at radius 2 is 1.64 bits per heavy atom. The molecule has 1 unspecified atom stereocenters. The number of rotatable bonds is 9. The van der Waals surface area contributed by atoms with E-state index in [2.05, 4.69) is 5.32 Å². The maximum absolute atomic E-state index is 12.5. The molecule has 28 heavy (non-hydrogen) atoms. The first-order chi connectivity index (χ1) is 13.3. The zero-order valence-corrected chi connectivity index (χ0v) is 17.8. The van der Waals surface area contributed by atoms with Crippen molar-refractivity contribution in [3.05, 3.63) is 59.1 Å². The van der Waals surface area contributed by atoms with E-state index in [1.165, 1.54) is 16.4 Å². The van der Waals surface area contributed by atoms with E-state index in [0.29, 0.717) is 23.9 Å². The molecule has 8 heteroatoms. The van der Waals surface area contributed by atoms with Crippen LogP contribution >= 0.6 is 11.6 Å². The molecular formula is C20H25ClN2O4S. The van der Waals surface area contributed by atoms with Gasteiger partial charge in [0.1, 0.15) is 5.75 Å². The maximum Gasteiger partial charge on any atom is 0.258 e. The molecule has 0 fully saturated rings. The molecule has 0 heterocycles. The molecule has 0 aliphatic carbocycles. The molecule has 6 nitrogen and oxygen atoms in total. The zero-order chi connectivity index (χ0) is 20.7. The minimum Gasteiger partial charge on any atom is -0.484 e. The number of amides is 1. The Bertz CT molecular complexity index is 879. The fraction of sp³-hybridized carbons (Fsp3) is 0.350. The summed E-state index contributed by atoms with van der Waals surface area (Å²) < 4.78 is 31.8. The molecule has 152 valence electrons. The van der Waals surface area contributed by atoms with Gasteiger partial charge in [0, 0.05) is 18.1 Å². The van der Waals surface area contributed by atoms with Gasteiger partial charge < -0.3 is 10.1 Å². The molecule has 0 aromatic heterocycles. The summed E-state index contributed by atoms with van der Waals surface area (Å²) in [5, 5.41) is 3.48. The zero-order valence-electron chi connectivity index (χ0n) is 16.2. The van der Waals surface area contributed by atoms with Crippen LogP contribution in [0.3, 0.4) is 0 Å². The number of carbonyl (C=O) groups excluding carboxylic acids is 1. The lowest BCUT2D eigenvalue weighted by molar-refractivity contribution is -0.123. The second kappa shape index (κ2) is 9.91. The number of ether oxygens (including phenoxy) is 1. The number of nitrogens with one attached hydrogen (secondary N) is 1. The highest BCUT2D eigenvalue weighted by molar-refractivity contribution is 7.89. The Kier molecular flexibility index (Phi) is 7.86. The molecule has 1 amide bonds. The number of benzene rings is 2. The van der Waals surface area contributed by atoms with Crippen molar-refractivity contribution >= 4 is 27.5 Å². The molecule has 0 saturated heterocycles. The van der Waals surface area contributed by atoms with Crippen molar-refractivity contribution in [2.45, 2.75) is 31.7 Å². The first-order valence-electron chi connectivity index (χ1n) is 9.05. The summed E-state index contributed by atoms with van der Waals surface area (Å²) in [7, 11) is -3.51. The third kappa shape index (κ3) is 5.70. The highest BCUT2D eigenvalue weighted by Crippen LogP contribution is 2.20. The predicted octanol–water partition coefficient (Wildman–Crippen LogP) is 3.63. The monoisotopic (exact) mass is 424 g/mol. The quantitative estimate of drug-likeness (QED) is 0.667. The van der Waals surface area contributed by atoms with Gasteiger partial charge in [-0.25, -0.2) is 8.42 Å². The summed E-state index contributed by atoms with van der Waals surface area (Å²) in [6.45, 7) is 6.10. The molecule has 0 aliphatic rings. The highest BCUT2D eigenvalue weighted by atomic mass is 35.5. The maximum atomic E-state index is 12.5. The SMILES string of the molecule is CCN(CC)S(=O)(=O)c1ccc(OCC(=O)NC(C)c2ccc(Cl)cc2)cc1. The van der Waals surface area contributed by atoms with Crippen molar-refractivity contribution in [2.75, 3.05) is 19.7 Å². The number of carbonyl (C=O) groups is 1. The van der Waals surface area contributed by atoms with Crippen molar-refractivity contribution in [3.63, 3.8) is 0 Å². The van der Waals surface area contributed by atoms with Crippen LogP contribution in [0.1, 0.15) is 32.4 Å². The first-order valence-corrected chi connectivity index (χ1v) is 10.9. The lowest BCUT2D eigenvalue weighted by Gasteiger charge is -2.18. The topological polar surface area (TPSA) is 75.7 Å². The van der Waals surface area contributed by atoms with E-state index in [9.17, 15) is 13.2 Å². The summed E-state index contributed by atoms with van der Waals surface area (Å²) in [6.07, 6.45) is 0. The van der Waals surface area contributed by atoms with Gasteiger partial charge in [-0.05, 0) is 48.9 Å². The van der Waals surface area contributed by atoms with Gasteiger partial charge in [-0.1, -0.05) is 37.6 Å². The fourth-order valence-electron chi connectivity index (χ4n) is 2.69. The standard InChI is InChI=1S/C20H25ClN2O4S/c1-4-23(5-2)28(25,26)19-12-10-18(11-13-19)27-14-20(24)22-15(3)16-6-8-17(21)9-7-16/h6-13,15H,4-5,14H2,1-3H3,(H,22,24). The third-order valence-electron chi connectivity index (χ3n) is 4.28. The van der Waals surface area contributed by atoms with Crippen LogP contribution < -0.4 is 10.1 Å². The van der Waals surface area contributed by atoms with E-state index < -0.39 is 10.0 Å². The van der Waals surface area contributed by atoms with E-state index in [-0.39, 0.29) is 23.5 Å². The predicted molar refractivity (Wildman–Crippen MR) is 110 cm³/mol. The molecule has 0 saturated carbocycles. The molecule has 0 radical (unpaired) electrons. The molecule has 0 bridgehead atoms. The Hall–Kier alpha value is -2.09. The summed E-state index contributed by atoms with van der Waals surface area (Å²) in [4.78, 5) is 12.3. The van der Waals surface area contributed by atoms with E-state index in [0.717, 1.165) is 5.56 Å². The number of hydrogen-bond donors (Lipinski definition) is 1. The van der Waals surface area contributed by atoms with Crippen molar-refractivity contribution in [1.29, 1.82) is 0 Å². The molecular weight excluding hydrogens is 400 g/mol. The van der Waals surface area contributed by atoms with Crippen LogP contribution in [-0.4, -0.2) is 38.3 Å². The second-order valence-corrected chi connectivity index (χ2v) is 8.56. The van der Waals surface area contributed by atoms with Gasteiger partial charge in [0.25, 0.3) is 5.91 Å². The largest absolute Gasteiger partial charge is 0.484 e. The average molecular weight is 425 g/mol.